The van der Waals surface area contributed by atoms with Crippen LogP contribution in [0.3, 0.4) is 0 Å². The van der Waals surface area contributed by atoms with Crippen LogP contribution in [0, 0.1) is 34.5 Å². The molecule has 3 aliphatic heterocycles. The van der Waals surface area contributed by atoms with E-state index >= 15 is 0 Å². The molecule has 11 unspecified atom stereocenters. The summed E-state index contributed by atoms with van der Waals surface area (Å²) in [6.45, 7) is 12.4. The van der Waals surface area contributed by atoms with E-state index in [-0.39, 0.29) is 49.8 Å². The van der Waals surface area contributed by atoms with Gasteiger partial charge >= 0.3 is 23.9 Å². The van der Waals surface area contributed by atoms with Gasteiger partial charge in [-0.15, -0.1) is 0 Å². The molecule has 41 heavy (non-hydrogen) atoms. The molecular weight excluding hydrogens is 536 g/mol. The Labute approximate surface area is 241 Å². The van der Waals surface area contributed by atoms with Crippen LogP contribution < -0.4 is 0 Å². The van der Waals surface area contributed by atoms with Crippen molar-refractivity contribution in [1.82, 2.24) is 0 Å². The van der Waals surface area contributed by atoms with E-state index in [1.165, 1.54) is 20.8 Å². The Balaban J connectivity index is 1.67. The monoisotopic (exact) mass is 580 g/mol. The Morgan fingerprint density at radius 3 is 2.20 bits per heavy atom. The largest absolute Gasteiger partial charge is 0.465 e. The number of carbonyl (C=O) groups excluding carboxylic acids is 4. The first-order valence-corrected chi connectivity index (χ1v) is 14.9. The molecule has 0 radical (unpaired) electrons. The second-order valence-corrected chi connectivity index (χ2v) is 13.2. The number of fused-ring (bicyclic) bond motifs is 3. The predicted octanol–water partition coefficient (Wildman–Crippen LogP) is 2.95. The van der Waals surface area contributed by atoms with Gasteiger partial charge in [0, 0.05) is 32.1 Å². The summed E-state index contributed by atoms with van der Waals surface area (Å²) in [5.74, 6) is -2.49. The van der Waals surface area contributed by atoms with E-state index in [9.17, 15) is 19.2 Å². The van der Waals surface area contributed by atoms with E-state index in [4.69, 9.17) is 33.2 Å². The van der Waals surface area contributed by atoms with Crippen LogP contribution in [-0.2, 0) is 52.3 Å². The second kappa shape index (κ2) is 10.8. The number of carbonyl (C=O) groups is 4. The molecule has 0 N–H and O–H groups in total. The summed E-state index contributed by atoms with van der Waals surface area (Å²) < 4.78 is 42.6. The molecule has 1 spiro atoms. The van der Waals surface area contributed by atoms with Gasteiger partial charge in [-0.2, -0.15) is 0 Å². The van der Waals surface area contributed by atoms with Gasteiger partial charge < -0.3 is 33.2 Å². The van der Waals surface area contributed by atoms with Gasteiger partial charge in [-0.25, -0.2) is 0 Å². The number of epoxide rings is 1. The van der Waals surface area contributed by atoms with Gasteiger partial charge in [0.1, 0.15) is 24.4 Å². The third kappa shape index (κ3) is 4.85. The van der Waals surface area contributed by atoms with Gasteiger partial charge in [0.05, 0.1) is 30.7 Å². The highest BCUT2D eigenvalue weighted by molar-refractivity contribution is 5.72. The van der Waals surface area contributed by atoms with Crippen molar-refractivity contribution in [3.63, 3.8) is 0 Å². The van der Waals surface area contributed by atoms with Crippen LogP contribution in [0.1, 0.15) is 74.1 Å². The lowest BCUT2D eigenvalue weighted by Crippen LogP contribution is -2.75. The fourth-order valence-corrected chi connectivity index (χ4v) is 8.44. The maximum absolute atomic E-state index is 13.0. The lowest BCUT2D eigenvalue weighted by molar-refractivity contribution is -0.286. The first-order valence-electron chi connectivity index (χ1n) is 14.9. The van der Waals surface area contributed by atoms with Gasteiger partial charge in [-0.1, -0.05) is 27.7 Å². The zero-order valence-corrected chi connectivity index (χ0v) is 25.1. The summed E-state index contributed by atoms with van der Waals surface area (Å²) in [6.07, 6.45) is -0.583. The Bertz CT molecular complexity index is 1060. The number of ether oxygens (including phenoxy) is 7. The maximum atomic E-state index is 13.0. The molecule has 5 aliphatic rings. The van der Waals surface area contributed by atoms with Crippen LogP contribution in [-0.4, -0.2) is 80.0 Å². The Morgan fingerprint density at radius 2 is 1.63 bits per heavy atom. The molecule has 11 heteroatoms. The third-order valence-corrected chi connectivity index (χ3v) is 10.6. The minimum atomic E-state index is -1.22. The van der Waals surface area contributed by atoms with Crippen molar-refractivity contribution in [2.24, 2.45) is 34.5 Å². The summed E-state index contributed by atoms with van der Waals surface area (Å²) in [7, 11) is 0. The molecule has 230 valence electrons. The lowest BCUT2D eigenvalue weighted by atomic mass is 9.41. The molecule has 2 saturated carbocycles. The molecule has 0 aromatic carbocycles. The average molecular weight is 581 g/mol. The van der Waals surface area contributed by atoms with Crippen LogP contribution >= 0.6 is 0 Å². The number of hydrogen-bond donors (Lipinski definition) is 0. The Morgan fingerprint density at radius 1 is 0.951 bits per heavy atom. The quantitative estimate of drug-likeness (QED) is 0.250. The van der Waals surface area contributed by atoms with Gasteiger partial charge in [-0.05, 0) is 37.5 Å². The third-order valence-electron chi connectivity index (χ3n) is 10.6. The smallest absolute Gasteiger partial charge is 0.308 e. The van der Waals surface area contributed by atoms with E-state index < -0.39 is 64.5 Å². The predicted molar refractivity (Wildman–Crippen MR) is 141 cm³/mol. The van der Waals surface area contributed by atoms with E-state index in [0.717, 1.165) is 12.8 Å². The summed E-state index contributed by atoms with van der Waals surface area (Å²) in [4.78, 5) is 50.3. The molecule has 3 saturated heterocycles. The van der Waals surface area contributed by atoms with Gasteiger partial charge in [0.25, 0.3) is 0 Å². The molecule has 2 aliphatic carbocycles. The van der Waals surface area contributed by atoms with Crippen LogP contribution in [0.2, 0.25) is 0 Å². The lowest BCUT2D eigenvalue weighted by Gasteiger charge is -2.65. The van der Waals surface area contributed by atoms with E-state index in [2.05, 4.69) is 13.8 Å². The summed E-state index contributed by atoms with van der Waals surface area (Å²) in [6, 6.07) is 0. The number of hydrogen-bond acceptors (Lipinski definition) is 11. The van der Waals surface area contributed by atoms with Crippen molar-refractivity contribution in [2.45, 2.75) is 110 Å². The second-order valence-electron chi connectivity index (χ2n) is 13.2. The molecular formula is C30H44O11. The number of esters is 4. The highest BCUT2D eigenvalue weighted by Crippen LogP contribution is 2.71. The first kappa shape index (κ1) is 30.2. The van der Waals surface area contributed by atoms with Crippen LogP contribution in [0.4, 0.5) is 0 Å². The van der Waals surface area contributed by atoms with Crippen molar-refractivity contribution in [3.8, 4) is 0 Å². The fraction of sp³-hybridized carbons (Fsp3) is 0.867. The summed E-state index contributed by atoms with van der Waals surface area (Å²) in [5.41, 5.74) is -2.87. The topological polar surface area (TPSA) is 136 Å². The van der Waals surface area contributed by atoms with Crippen LogP contribution in [0.25, 0.3) is 0 Å². The molecule has 5 fully saturated rings. The minimum Gasteiger partial charge on any atom is -0.465 e. The van der Waals surface area contributed by atoms with E-state index in [0.29, 0.717) is 13.0 Å². The Hall–Kier alpha value is -2.24. The molecule has 11 atom stereocenters. The molecule has 3 heterocycles. The maximum Gasteiger partial charge on any atom is 0.308 e. The minimum absolute atomic E-state index is 0.00493. The highest BCUT2D eigenvalue weighted by Gasteiger charge is 2.82. The van der Waals surface area contributed by atoms with Crippen molar-refractivity contribution in [2.75, 3.05) is 19.8 Å². The Kier molecular flexibility index (Phi) is 7.96. The van der Waals surface area contributed by atoms with Crippen molar-refractivity contribution >= 4 is 23.9 Å². The van der Waals surface area contributed by atoms with Crippen molar-refractivity contribution in [1.29, 1.82) is 0 Å². The molecule has 0 aromatic rings. The van der Waals surface area contributed by atoms with Crippen molar-refractivity contribution in [3.05, 3.63) is 0 Å². The van der Waals surface area contributed by atoms with Gasteiger partial charge in [0.2, 0.25) is 0 Å². The SMILES string of the molecule is CC(=O)OCC12C(OC(C)=O)CC(C)C(C)(C3CC4CCOC4O3)C1CC(OC(C)=O)C(OC(=O)C(C)C)C21CO1. The molecule has 0 amide bonds. The van der Waals surface area contributed by atoms with E-state index in [1.54, 1.807) is 13.8 Å². The van der Waals surface area contributed by atoms with E-state index in [1.807, 2.05) is 0 Å². The highest BCUT2D eigenvalue weighted by atomic mass is 16.7. The van der Waals surface area contributed by atoms with Gasteiger partial charge in [0.15, 0.2) is 12.4 Å². The zero-order chi connectivity index (χ0) is 29.9. The first-order chi connectivity index (χ1) is 19.3. The summed E-state index contributed by atoms with van der Waals surface area (Å²) >= 11 is 0. The number of rotatable bonds is 7. The van der Waals surface area contributed by atoms with Crippen LogP contribution in [0.5, 0.6) is 0 Å². The summed E-state index contributed by atoms with van der Waals surface area (Å²) in [5, 5.41) is 0. The normalized spacial score (nSPS) is 44.6. The van der Waals surface area contributed by atoms with Crippen LogP contribution in [0.15, 0.2) is 0 Å². The fourth-order valence-electron chi connectivity index (χ4n) is 8.44. The zero-order valence-electron chi connectivity index (χ0n) is 25.1. The molecule has 5 rings (SSSR count). The van der Waals surface area contributed by atoms with Crippen molar-refractivity contribution < 1.29 is 52.3 Å². The standard InChI is InChI=1S/C30H44O11/c1-15(2)26(34)41-25-21(38-18(5)32)12-22-28(7,23-11-20-8-9-35-27(20)40-23)16(3)10-24(39-19(6)33)29(22,13-36-17(4)31)30(25)14-37-30/h15-16,20-25,27H,8-14H2,1-7H3. The van der Waals surface area contributed by atoms with Gasteiger partial charge in [-0.3, -0.25) is 19.2 Å². The molecule has 0 aromatic heterocycles. The average Bonchev–Trinajstić information content (AvgIpc) is 3.36. The molecule has 11 nitrogen and oxygen atoms in total. The molecule has 0 bridgehead atoms.